The Bertz CT molecular complexity index is 993. The fourth-order valence-corrected chi connectivity index (χ4v) is 2.78. The van der Waals surface area contributed by atoms with E-state index >= 15 is 0 Å². The minimum atomic E-state index is -0.226. The van der Waals surface area contributed by atoms with Crippen LogP contribution in [0.25, 0.3) is 22.6 Å². The second kappa shape index (κ2) is 4.84. The van der Waals surface area contributed by atoms with Crippen LogP contribution in [0.1, 0.15) is 11.1 Å². The van der Waals surface area contributed by atoms with E-state index in [1.165, 1.54) is 6.07 Å². The fraction of sp³-hybridized carbons (Fsp3) is 0. The summed E-state index contributed by atoms with van der Waals surface area (Å²) in [4.78, 5) is 16.4. The molecule has 0 aliphatic carbocycles. The Morgan fingerprint density at radius 1 is 1.09 bits per heavy atom. The van der Waals surface area contributed by atoms with Gasteiger partial charge in [-0.2, -0.15) is 0 Å². The van der Waals surface area contributed by atoms with Gasteiger partial charge in [0.1, 0.15) is 17.0 Å². The summed E-state index contributed by atoms with van der Waals surface area (Å²) in [6, 6.07) is 11.7. The largest absolute Gasteiger partial charge is 0.508 e. The molecule has 0 unspecified atom stereocenters. The number of nitrogens with one attached hydrogen (secondary N) is 1. The number of carbonyl (C=O) groups excluding carboxylic acids is 1. The van der Waals surface area contributed by atoms with Crippen LogP contribution in [0.15, 0.2) is 48.7 Å². The lowest BCUT2D eigenvalue weighted by Gasteiger charge is -2.05. The highest BCUT2D eigenvalue weighted by Gasteiger charge is 2.24. The van der Waals surface area contributed by atoms with Crippen LogP contribution in [0, 0.1) is 0 Å². The molecule has 1 aromatic heterocycles. The lowest BCUT2D eigenvalue weighted by Crippen LogP contribution is -2.03. The van der Waals surface area contributed by atoms with Gasteiger partial charge in [-0.15, -0.1) is 0 Å². The first-order valence-corrected chi connectivity index (χ1v) is 7.06. The van der Waals surface area contributed by atoms with Crippen LogP contribution in [0.2, 0.25) is 0 Å². The van der Waals surface area contributed by atoms with Crippen molar-refractivity contribution in [1.29, 1.82) is 0 Å². The van der Waals surface area contributed by atoms with E-state index in [1.54, 1.807) is 42.6 Å². The van der Waals surface area contributed by atoms with E-state index in [0.717, 1.165) is 10.9 Å². The molecule has 2 heterocycles. The number of nitrogens with zero attached hydrogens (tertiary/aromatic N) is 1. The Morgan fingerprint density at radius 3 is 2.83 bits per heavy atom. The zero-order valence-corrected chi connectivity index (χ0v) is 11.9. The van der Waals surface area contributed by atoms with Crippen LogP contribution in [-0.2, 0) is 4.79 Å². The van der Waals surface area contributed by atoms with Crippen molar-refractivity contribution in [2.45, 2.75) is 0 Å². The van der Waals surface area contributed by atoms with Gasteiger partial charge in [0.15, 0.2) is 0 Å². The third-order valence-corrected chi connectivity index (χ3v) is 3.87. The summed E-state index contributed by atoms with van der Waals surface area (Å²) in [7, 11) is 0. The molecule has 0 bridgehead atoms. The number of hydrogen-bond donors (Lipinski definition) is 3. The van der Waals surface area contributed by atoms with E-state index in [-0.39, 0.29) is 17.4 Å². The number of aromatic hydroxyl groups is 2. The fourth-order valence-electron chi connectivity index (χ4n) is 2.78. The Labute approximate surface area is 131 Å². The summed E-state index contributed by atoms with van der Waals surface area (Å²) < 4.78 is 0. The molecule has 0 fully saturated rings. The van der Waals surface area contributed by atoms with Gasteiger partial charge in [0.25, 0.3) is 5.91 Å². The maximum absolute atomic E-state index is 12.2. The second-order valence-corrected chi connectivity index (χ2v) is 5.32. The summed E-state index contributed by atoms with van der Waals surface area (Å²) >= 11 is 0. The number of benzene rings is 2. The first-order valence-electron chi connectivity index (χ1n) is 7.06. The molecule has 0 atom stereocenters. The molecule has 0 radical (unpaired) electrons. The second-order valence-electron chi connectivity index (χ2n) is 5.32. The highest BCUT2D eigenvalue weighted by atomic mass is 16.3. The number of phenolic OH excluding ortho intramolecular Hbond substituents is 2. The maximum Gasteiger partial charge on any atom is 0.256 e. The number of rotatable bonds is 1. The van der Waals surface area contributed by atoms with E-state index < -0.39 is 0 Å². The number of amides is 1. The van der Waals surface area contributed by atoms with Crippen molar-refractivity contribution in [3.63, 3.8) is 0 Å². The quantitative estimate of drug-likeness (QED) is 0.476. The number of fused-ring (bicyclic) bond motifs is 2. The van der Waals surface area contributed by atoms with Crippen molar-refractivity contribution >= 4 is 34.1 Å². The number of hydrogen-bond acceptors (Lipinski definition) is 4. The molecule has 23 heavy (non-hydrogen) atoms. The van der Waals surface area contributed by atoms with Crippen molar-refractivity contribution in [2.24, 2.45) is 0 Å². The Kier molecular flexibility index (Phi) is 2.81. The van der Waals surface area contributed by atoms with Gasteiger partial charge in [-0.3, -0.25) is 9.78 Å². The number of pyridine rings is 1. The molecule has 0 saturated carbocycles. The van der Waals surface area contributed by atoms with E-state index in [9.17, 15) is 15.0 Å². The van der Waals surface area contributed by atoms with E-state index in [4.69, 9.17) is 0 Å². The molecular formula is C18H12N2O3. The molecule has 3 aromatic rings. The lowest BCUT2D eigenvalue weighted by molar-refractivity contribution is -0.110. The van der Waals surface area contributed by atoms with Crippen LogP contribution in [0.3, 0.4) is 0 Å². The molecule has 4 rings (SSSR count). The van der Waals surface area contributed by atoms with Crippen molar-refractivity contribution < 1.29 is 15.0 Å². The van der Waals surface area contributed by atoms with Gasteiger partial charge in [0.05, 0.1) is 0 Å². The van der Waals surface area contributed by atoms with Crippen molar-refractivity contribution in [1.82, 2.24) is 4.98 Å². The highest BCUT2D eigenvalue weighted by Crippen LogP contribution is 2.36. The van der Waals surface area contributed by atoms with Crippen molar-refractivity contribution in [3.8, 4) is 11.5 Å². The molecule has 112 valence electrons. The number of anilines is 1. The summed E-state index contributed by atoms with van der Waals surface area (Å²) in [6.07, 6.45) is 3.35. The van der Waals surface area contributed by atoms with Crippen LogP contribution in [-0.4, -0.2) is 21.1 Å². The molecule has 5 nitrogen and oxygen atoms in total. The summed E-state index contributed by atoms with van der Waals surface area (Å²) in [5.41, 5.74) is 3.04. The topological polar surface area (TPSA) is 82.5 Å². The van der Waals surface area contributed by atoms with Gasteiger partial charge < -0.3 is 15.5 Å². The first-order chi connectivity index (χ1) is 11.1. The van der Waals surface area contributed by atoms with E-state index in [2.05, 4.69) is 10.3 Å². The predicted molar refractivity (Wildman–Crippen MR) is 88.0 cm³/mol. The van der Waals surface area contributed by atoms with Gasteiger partial charge in [0.2, 0.25) is 0 Å². The summed E-state index contributed by atoms with van der Waals surface area (Å²) in [5, 5.41) is 23.1. The zero-order valence-electron chi connectivity index (χ0n) is 11.9. The van der Waals surface area contributed by atoms with Gasteiger partial charge in [0, 0.05) is 28.4 Å². The van der Waals surface area contributed by atoms with Crippen LogP contribution in [0.5, 0.6) is 11.5 Å². The van der Waals surface area contributed by atoms with Gasteiger partial charge >= 0.3 is 0 Å². The maximum atomic E-state index is 12.2. The average molecular weight is 304 g/mol. The van der Waals surface area contributed by atoms with Crippen LogP contribution in [0.4, 0.5) is 5.69 Å². The first kappa shape index (κ1) is 13.3. The SMILES string of the molecule is O=C1Nc2ccc(O)cc2/C1=C\c1ccc(O)c2ncccc12. The molecular weight excluding hydrogens is 292 g/mol. The smallest absolute Gasteiger partial charge is 0.256 e. The molecule has 0 spiro atoms. The molecule has 1 amide bonds. The summed E-state index contributed by atoms with van der Waals surface area (Å²) in [5.74, 6) is -0.0317. The monoisotopic (exact) mass is 304 g/mol. The van der Waals surface area contributed by atoms with E-state index in [0.29, 0.717) is 22.3 Å². The average Bonchev–Trinajstić information content (AvgIpc) is 2.86. The van der Waals surface area contributed by atoms with Crippen molar-refractivity contribution in [2.75, 3.05) is 5.32 Å². The molecule has 2 aromatic carbocycles. The van der Waals surface area contributed by atoms with Crippen LogP contribution < -0.4 is 5.32 Å². The minimum absolute atomic E-state index is 0.0941. The number of aromatic nitrogens is 1. The Balaban J connectivity index is 1.94. The van der Waals surface area contributed by atoms with Gasteiger partial charge in [-0.25, -0.2) is 0 Å². The molecule has 3 N–H and O–H groups in total. The highest BCUT2D eigenvalue weighted by molar-refractivity contribution is 6.35. The predicted octanol–water partition coefficient (Wildman–Crippen LogP) is 3.14. The van der Waals surface area contributed by atoms with E-state index in [1.807, 2.05) is 6.07 Å². The van der Waals surface area contributed by atoms with Gasteiger partial charge in [-0.1, -0.05) is 12.1 Å². The molecule has 5 heteroatoms. The Morgan fingerprint density at radius 2 is 1.96 bits per heavy atom. The molecule has 1 aliphatic rings. The molecule has 0 saturated heterocycles. The normalized spacial score (nSPS) is 15.0. The van der Waals surface area contributed by atoms with Crippen LogP contribution >= 0.6 is 0 Å². The van der Waals surface area contributed by atoms with Crippen molar-refractivity contribution in [3.05, 3.63) is 59.8 Å². The third-order valence-electron chi connectivity index (χ3n) is 3.87. The Hall–Kier alpha value is -3.34. The summed E-state index contributed by atoms with van der Waals surface area (Å²) in [6.45, 7) is 0. The zero-order chi connectivity index (χ0) is 16.0. The standard InChI is InChI=1S/C18H12N2O3/c21-11-4-5-15-13(9-11)14(18(23)20-15)8-10-3-6-16(22)17-12(10)2-1-7-19-17/h1-9,21-22H,(H,20,23)/b14-8+. The molecule has 1 aliphatic heterocycles. The third kappa shape index (κ3) is 2.10. The number of phenols is 2. The van der Waals surface area contributed by atoms with Gasteiger partial charge in [-0.05, 0) is 42.0 Å². The lowest BCUT2D eigenvalue weighted by atomic mass is 10.0. The number of carbonyl (C=O) groups is 1. The minimum Gasteiger partial charge on any atom is -0.508 e.